The Labute approximate surface area is 256 Å². The number of benzene rings is 7. The highest BCUT2D eigenvalue weighted by Gasteiger charge is 2.22. The van der Waals surface area contributed by atoms with Crippen LogP contribution in [0, 0.1) is 0 Å². The molecule has 0 fully saturated rings. The maximum absolute atomic E-state index is 2.45. The Morgan fingerprint density at radius 1 is 0.455 bits per heavy atom. The zero-order valence-electron chi connectivity index (χ0n) is 24.2. The maximum Gasteiger partial charge on any atom is 0.0544 e. The average Bonchev–Trinajstić information content (AvgIpc) is 3.23. The second-order valence-electron chi connectivity index (χ2n) is 11.6. The maximum atomic E-state index is 2.45. The largest absolute Gasteiger partial charge is 0.309 e. The number of nitrogens with zero attached hydrogens (tertiary/aromatic N) is 1. The van der Waals surface area contributed by atoms with E-state index in [1.54, 1.807) is 0 Å². The summed E-state index contributed by atoms with van der Waals surface area (Å²) in [6, 6.07) is 52.9. The Bertz CT molecular complexity index is 2390. The number of aromatic nitrogens is 1. The van der Waals surface area contributed by atoms with Gasteiger partial charge in [-0.25, -0.2) is 0 Å². The van der Waals surface area contributed by atoms with Gasteiger partial charge in [0.25, 0.3) is 0 Å². The molecule has 1 aliphatic rings. The minimum atomic E-state index is 0.861. The van der Waals surface area contributed by atoms with Crippen molar-refractivity contribution in [1.82, 2.24) is 4.57 Å². The number of rotatable bonds is 3. The van der Waals surface area contributed by atoms with E-state index in [2.05, 4.69) is 168 Å². The lowest BCUT2D eigenvalue weighted by molar-refractivity contribution is 1.11. The van der Waals surface area contributed by atoms with Crippen LogP contribution < -0.4 is 0 Å². The lowest BCUT2D eigenvalue weighted by atomic mass is 9.84. The van der Waals surface area contributed by atoms with Gasteiger partial charge in [-0.2, -0.15) is 0 Å². The van der Waals surface area contributed by atoms with Crippen LogP contribution in [-0.2, 0) is 0 Å². The van der Waals surface area contributed by atoms with Gasteiger partial charge in [-0.15, -0.1) is 0 Å². The van der Waals surface area contributed by atoms with Gasteiger partial charge < -0.3 is 4.57 Å². The molecule has 0 bridgehead atoms. The van der Waals surface area contributed by atoms with Crippen LogP contribution in [0.3, 0.4) is 0 Å². The Hall–Kier alpha value is -5.66. The fraction of sp³-hybridized carbons (Fsp3) is 0.0233. The van der Waals surface area contributed by atoms with Crippen LogP contribution in [0.1, 0.15) is 23.2 Å². The monoisotopic (exact) mass is 559 g/mol. The van der Waals surface area contributed by atoms with Gasteiger partial charge in [-0.3, -0.25) is 0 Å². The molecule has 1 aliphatic carbocycles. The minimum absolute atomic E-state index is 0.861. The summed E-state index contributed by atoms with van der Waals surface area (Å²) in [4.78, 5) is 0. The van der Waals surface area contributed by atoms with Gasteiger partial charge in [0.1, 0.15) is 0 Å². The summed E-state index contributed by atoms with van der Waals surface area (Å²) in [5.41, 5.74) is 10.2. The molecule has 1 heterocycles. The molecule has 206 valence electrons. The first-order valence-electron chi connectivity index (χ1n) is 15.3. The SMILES string of the molecule is C1=Cc2c(n(-c3ccccc3)c3ccccc23)C=C(c2c3ccccc3c(-c3cccc4ccccc34)c3ccccc23)C1. The summed E-state index contributed by atoms with van der Waals surface area (Å²) < 4.78 is 2.43. The van der Waals surface area contributed by atoms with Crippen molar-refractivity contribution in [2.24, 2.45) is 0 Å². The third-order valence-corrected chi connectivity index (χ3v) is 9.21. The van der Waals surface area contributed by atoms with Gasteiger partial charge in [0.05, 0.1) is 11.2 Å². The molecule has 0 saturated carbocycles. The smallest absolute Gasteiger partial charge is 0.0544 e. The second kappa shape index (κ2) is 9.97. The summed E-state index contributed by atoms with van der Waals surface area (Å²) in [5, 5.41) is 8.98. The Kier molecular flexibility index (Phi) is 5.64. The van der Waals surface area contributed by atoms with E-state index in [-0.39, 0.29) is 0 Å². The summed E-state index contributed by atoms with van der Waals surface area (Å²) >= 11 is 0. The van der Waals surface area contributed by atoms with Gasteiger partial charge in [0.15, 0.2) is 0 Å². The Morgan fingerprint density at radius 3 is 1.75 bits per heavy atom. The fourth-order valence-electron chi connectivity index (χ4n) is 7.37. The Morgan fingerprint density at radius 2 is 1.02 bits per heavy atom. The summed E-state index contributed by atoms with van der Waals surface area (Å²) in [5.74, 6) is 0. The van der Waals surface area contributed by atoms with E-state index >= 15 is 0 Å². The topological polar surface area (TPSA) is 4.93 Å². The molecule has 0 N–H and O–H groups in total. The molecule has 0 spiro atoms. The lowest BCUT2D eigenvalue weighted by Crippen LogP contribution is -1.98. The Balaban J connectivity index is 1.39. The van der Waals surface area contributed by atoms with E-state index in [0.717, 1.165) is 6.42 Å². The highest BCUT2D eigenvalue weighted by Crippen LogP contribution is 2.46. The van der Waals surface area contributed by atoms with Crippen LogP contribution in [0.2, 0.25) is 0 Å². The lowest BCUT2D eigenvalue weighted by Gasteiger charge is -2.20. The first kappa shape index (κ1) is 24.9. The quantitative estimate of drug-likeness (QED) is 0.190. The molecule has 8 aromatic rings. The molecule has 9 rings (SSSR count). The molecule has 0 unspecified atom stereocenters. The first-order valence-corrected chi connectivity index (χ1v) is 15.3. The molecule has 0 saturated heterocycles. The standard InChI is InChI=1S/C43H29N/c1-2-17-31(18-3-1)44-40-27-11-10-20-33(40)34-25-13-16-30(28-41(34)44)42-36-21-6-8-23-38(36)43(39-24-9-7-22-37(39)42)35-26-12-15-29-14-4-5-19-32(29)35/h1-15,17-28H,16H2. The molecule has 1 heteroatoms. The van der Waals surface area contributed by atoms with E-state index < -0.39 is 0 Å². The van der Waals surface area contributed by atoms with E-state index in [9.17, 15) is 0 Å². The van der Waals surface area contributed by atoms with Crippen molar-refractivity contribution in [2.75, 3.05) is 0 Å². The van der Waals surface area contributed by atoms with Crippen LogP contribution in [0.5, 0.6) is 0 Å². The van der Waals surface area contributed by atoms with Gasteiger partial charge in [-0.05, 0) is 85.3 Å². The van der Waals surface area contributed by atoms with Crippen molar-refractivity contribution in [2.45, 2.75) is 6.42 Å². The molecule has 0 atom stereocenters. The molecule has 1 aromatic heterocycles. The minimum Gasteiger partial charge on any atom is -0.309 e. The highest BCUT2D eigenvalue weighted by molar-refractivity contribution is 6.22. The van der Waals surface area contributed by atoms with Crippen molar-refractivity contribution in [3.63, 3.8) is 0 Å². The van der Waals surface area contributed by atoms with Crippen LogP contribution in [0.15, 0.2) is 152 Å². The van der Waals surface area contributed by atoms with E-state index in [1.165, 1.54) is 82.4 Å². The van der Waals surface area contributed by atoms with Crippen LogP contribution in [0.4, 0.5) is 0 Å². The predicted molar refractivity (Wildman–Crippen MR) is 189 cm³/mol. The predicted octanol–water partition coefficient (Wildman–Crippen LogP) is 11.7. The molecule has 1 nitrogen and oxygen atoms in total. The molecule has 0 amide bonds. The fourth-order valence-corrected chi connectivity index (χ4v) is 7.37. The van der Waals surface area contributed by atoms with Crippen LogP contribution in [-0.4, -0.2) is 4.57 Å². The number of hydrogen-bond acceptors (Lipinski definition) is 0. The summed E-state index contributed by atoms with van der Waals surface area (Å²) in [6.45, 7) is 0. The number of fused-ring (bicyclic) bond motifs is 6. The van der Waals surface area contributed by atoms with Crippen molar-refractivity contribution >= 4 is 60.9 Å². The van der Waals surface area contributed by atoms with Crippen LogP contribution >= 0.6 is 0 Å². The molecular formula is C43H29N. The number of allylic oxidation sites excluding steroid dienone is 2. The molecule has 0 aliphatic heterocycles. The van der Waals surface area contributed by atoms with Gasteiger partial charge in [-0.1, -0.05) is 140 Å². The summed E-state index contributed by atoms with van der Waals surface area (Å²) in [7, 11) is 0. The van der Waals surface area contributed by atoms with Gasteiger partial charge in [0.2, 0.25) is 0 Å². The van der Waals surface area contributed by atoms with Crippen molar-refractivity contribution in [1.29, 1.82) is 0 Å². The normalized spacial score (nSPS) is 13.0. The summed E-state index contributed by atoms with van der Waals surface area (Å²) in [6.07, 6.45) is 7.99. The highest BCUT2D eigenvalue weighted by atomic mass is 15.0. The first-order chi connectivity index (χ1) is 21.9. The van der Waals surface area contributed by atoms with E-state index in [4.69, 9.17) is 0 Å². The van der Waals surface area contributed by atoms with E-state index in [1.807, 2.05) is 0 Å². The zero-order chi connectivity index (χ0) is 29.0. The second-order valence-corrected chi connectivity index (χ2v) is 11.6. The van der Waals surface area contributed by atoms with Crippen molar-refractivity contribution in [3.05, 3.63) is 168 Å². The van der Waals surface area contributed by atoms with Crippen LogP contribution in [0.25, 0.3) is 77.8 Å². The van der Waals surface area contributed by atoms with E-state index in [0.29, 0.717) is 0 Å². The third-order valence-electron chi connectivity index (χ3n) is 9.21. The molecule has 44 heavy (non-hydrogen) atoms. The third kappa shape index (κ3) is 3.73. The molecule has 0 radical (unpaired) electrons. The molecular weight excluding hydrogens is 530 g/mol. The van der Waals surface area contributed by atoms with Crippen molar-refractivity contribution in [3.8, 4) is 16.8 Å². The number of hydrogen-bond donors (Lipinski definition) is 0. The van der Waals surface area contributed by atoms with Gasteiger partial charge in [0, 0.05) is 16.6 Å². The van der Waals surface area contributed by atoms with Crippen molar-refractivity contribution < 1.29 is 0 Å². The average molecular weight is 560 g/mol. The molecule has 7 aromatic carbocycles. The van der Waals surface area contributed by atoms with Gasteiger partial charge >= 0.3 is 0 Å². The zero-order valence-corrected chi connectivity index (χ0v) is 24.2. The number of para-hydroxylation sites is 2.